The fraction of sp³-hybridized carbons (Fsp3) is 0.550. The molecule has 0 bridgehead atoms. The number of halogens is 3. The molecule has 1 heterocycles. The van der Waals surface area contributed by atoms with Gasteiger partial charge in [0, 0.05) is 51.0 Å². The number of alkyl halides is 2. The van der Waals surface area contributed by atoms with Crippen molar-refractivity contribution < 1.29 is 20.1 Å². The van der Waals surface area contributed by atoms with E-state index in [0.29, 0.717) is 36.1 Å². The molecule has 1 aliphatic carbocycles. The van der Waals surface area contributed by atoms with Gasteiger partial charge in [0.15, 0.2) is 5.17 Å². The molecule has 1 saturated heterocycles. The van der Waals surface area contributed by atoms with Gasteiger partial charge in [-0.3, -0.25) is 5.41 Å². The first kappa shape index (κ1) is 28.9. The van der Waals surface area contributed by atoms with E-state index in [1.807, 2.05) is 25.7 Å². The van der Waals surface area contributed by atoms with E-state index in [4.69, 9.17) is 16.6 Å². The molecule has 14 heteroatoms. The van der Waals surface area contributed by atoms with E-state index in [1.54, 1.807) is 0 Å². The third kappa shape index (κ3) is 7.08. The van der Waals surface area contributed by atoms with Crippen molar-refractivity contribution in [1.82, 2.24) is 10.0 Å². The van der Waals surface area contributed by atoms with Crippen molar-refractivity contribution in [2.24, 2.45) is 10.7 Å². The van der Waals surface area contributed by atoms with Crippen LogP contribution in [0.4, 0.5) is 20.2 Å². The number of rotatable bonds is 7. The van der Waals surface area contributed by atoms with Crippen molar-refractivity contribution >= 4 is 73.6 Å². The summed E-state index contributed by atoms with van der Waals surface area (Å²) < 4.78 is 54.5. The second-order valence-corrected chi connectivity index (χ2v) is 11.5. The van der Waals surface area contributed by atoms with Crippen LogP contribution in [0.1, 0.15) is 42.0 Å². The number of nitrogens with two attached hydrogens (primary N) is 1. The molecule has 1 saturated carbocycles. The molecule has 0 radical (unpaired) electrons. The Kier molecular flexibility index (Phi) is 9.46. The molecule has 0 amide bonds. The fourth-order valence-corrected chi connectivity index (χ4v) is 5.71. The number of anilines is 1. The molecule has 0 unspecified atom stereocenters. The monoisotopic (exact) mass is 633 g/mol. The molecule has 1 aliphatic heterocycles. The number of amidine groups is 1. The van der Waals surface area contributed by atoms with Gasteiger partial charge in [0.25, 0.3) is 6.43 Å². The van der Waals surface area contributed by atoms with Gasteiger partial charge >= 0.3 is 0 Å². The minimum Gasteiger partial charge on any atom is -0.378 e. The largest absolute Gasteiger partial charge is 0.378 e. The van der Waals surface area contributed by atoms with Gasteiger partial charge in [0.1, 0.15) is 5.04 Å². The minimum absolute atomic E-state index is 0. The molecule has 2 fully saturated rings. The summed E-state index contributed by atoms with van der Waals surface area (Å²) in [6.07, 6.45) is -0.488. The van der Waals surface area contributed by atoms with Gasteiger partial charge in [-0.2, -0.15) is 0 Å². The Morgan fingerprint density at radius 1 is 1.38 bits per heavy atom. The van der Waals surface area contributed by atoms with E-state index in [1.165, 1.54) is 12.1 Å². The number of thioether (sulfide) groups is 1. The Morgan fingerprint density at radius 2 is 1.97 bits per heavy atom. The number of nitrogens with one attached hydrogen (secondary N) is 4. The molecule has 6 N–H and O–H groups in total. The van der Waals surface area contributed by atoms with Crippen LogP contribution in [0.5, 0.6) is 0 Å². The standard InChI is InChI=1S/C20H29F2N7O2S2.HI.2H2/c1-11-9-29(10-12(2)26-11)16-7-13(33(30,31)28-20(3)4-5-20)6-15(14(16)8-23)27-19(25)32-18(24)17(21)22;;;/h6-8,11-12,17,23-24,26,28H,4-5,9-10H2,1-3H3,(H2,25,27);3*1H/t11-,12-;;;/m0.../s1. The Balaban J connectivity index is 0.00000408. The average molecular weight is 634 g/mol. The Bertz CT molecular complexity index is 1080. The second kappa shape index (κ2) is 11.1. The molecule has 2 aliphatic rings. The first-order valence-corrected chi connectivity index (χ1v) is 12.8. The summed E-state index contributed by atoms with van der Waals surface area (Å²) in [6, 6.07) is 3.04. The lowest BCUT2D eigenvalue weighted by atomic mass is 10.1. The van der Waals surface area contributed by atoms with E-state index in [9.17, 15) is 17.2 Å². The normalized spacial score (nSPS) is 22.3. The number of nitrogens with zero attached hydrogens (tertiary/aromatic N) is 2. The van der Waals surface area contributed by atoms with Crippen LogP contribution in [0.2, 0.25) is 0 Å². The highest BCUT2D eigenvalue weighted by Crippen LogP contribution is 2.38. The highest BCUT2D eigenvalue weighted by molar-refractivity contribution is 14.0. The van der Waals surface area contributed by atoms with Crippen molar-refractivity contribution in [3.8, 4) is 0 Å². The quantitative estimate of drug-likeness (QED) is 0.176. The highest BCUT2D eigenvalue weighted by atomic mass is 127. The highest BCUT2D eigenvalue weighted by Gasteiger charge is 2.41. The van der Waals surface area contributed by atoms with E-state index >= 15 is 0 Å². The lowest BCUT2D eigenvalue weighted by Gasteiger charge is -2.38. The maximum Gasteiger partial charge on any atom is 0.286 e. The van der Waals surface area contributed by atoms with Crippen molar-refractivity contribution in [3.05, 3.63) is 17.7 Å². The zero-order chi connectivity index (χ0) is 24.6. The Labute approximate surface area is 222 Å². The lowest BCUT2D eigenvalue weighted by Crippen LogP contribution is -2.54. The van der Waals surface area contributed by atoms with Crippen molar-refractivity contribution in [2.75, 3.05) is 18.0 Å². The van der Waals surface area contributed by atoms with Crippen molar-refractivity contribution in [2.45, 2.75) is 62.6 Å². The average Bonchev–Trinajstić information content (AvgIpc) is 3.41. The summed E-state index contributed by atoms with van der Waals surface area (Å²) in [5.41, 5.74) is 6.17. The summed E-state index contributed by atoms with van der Waals surface area (Å²) in [7, 11) is -3.91. The predicted octanol–water partition coefficient (Wildman–Crippen LogP) is 3.73. The molecule has 194 valence electrons. The molecule has 0 spiro atoms. The number of hydrogen-bond donors (Lipinski definition) is 5. The third-order valence-corrected chi connectivity index (χ3v) is 7.80. The first-order chi connectivity index (χ1) is 15.3. The summed E-state index contributed by atoms with van der Waals surface area (Å²) >= 11 is 0.295. The number of piperazine rings is 1. The van der Waals surface area contributed by atoms with Crippen LogP contribution in [-0.4, -0.2) is 62.0 Å². The molecular weight excluding hydrogens is 599 g/mol. The van der Waals surface area contributed by atoms with Crippen LogP contribution in [0.25, 0.3) is 0 Å². The van der Waals surface area contributed by atoms with Gasteiger partial charge < -0.3 is 21.4 Å². The Morgan fingerprint density at radius 3 is 2.47 bits per heavy atom. The fourth-order valence-electron chi connectivity index (χ4n) is 3.75. The third-order valence-electron chi connectivity index (χ3n) is 5.49. The van der Waals surface area contributed by atoms with Crippen molar-refractivity contribution in [3.63, 3.8) is 0 Å². The SMILES string of the molecule is C[C@H]1CN(c2cc(S(=O)(=O)NC3(C)CC3)cc(N=C(N)SC(=N)C(F)F)c2C=N)C[C@H](C)N1.I.[HH].[HH]. The van der Waals surface area contributed by atoms with Gasteiger partial charge in [-0.1, -0.05) is 0 Å². The van der Waals surface area contributed by atoms with Crippen LogP contribution in [0, 0.1) is 10.8 Å². The summed E-state index contributed by atoms with van der Waals surface area (Å²) in [5.74, 6) is 0. The van der Waals surface area contributed by atoms with E-state index < -0.39 is 27.0 Å². The van der Waals surface area contributed by atoms with Crippen LogP contribution in [-0.2, 0) is 10.0 Å². The van der Waals surface area contributed by atoms with E-state index in [2.05, 4.69) is 15.0 Å². The maximum absolute atomic E-state index is 13.1. The van der Waals surface area contributed by atoms with Gasteiger partial charge in [-0.25, -0.2) is 26.9 Å². The Hall–Kier alpha value is -1.36. The predicted molar refractivity (Wildman–Crippen MR) is 149 cm³/mol. The molecule has 3 rings (SSSR count). The number of sulfonamides is 1. The molecule has 0 aromatic heterocycles. The number of hydrogen-bond acceptors (Lipinski definition) is 8. The molecule has 1 aromatic rings. The van der Waals surface area contributed by atoms with Gasteiger partial charge in [0.05, 0.1) is 10.6 Å². The van der Waals surface area contributed by atoms with Crippen LogP contribution >= 0.6 is 35.7 Å². The molecule has 9 nitrogen and oxygen atoms in total. The molecule has 2 atom stereocenters. The number of benzene rings is 1. The van der Waals surface area contributed by atoms with E-state index in [0.717, 1.165) is 19.1 Å². The lowest BCUT2D eigenvalue weighted by molar-refractivity contribution is 0.228. The molecule has 1 aromatic carbocycles. The van der Waals surface area contributed by atoms with Crippen LogP contribution in [0.15, 0.2) is 22.0 Å². The summed E-state index contributed by atoms with van der Waals surface area (Å²) in [6.45, 7) is 6.98. The zero-order valence-electron chi connectivity index (χ0n) is 19.1. The summed E-state index contributed by atoms with van der Waals surface area (Å²) in [4.78, 5) is 6.06. The summed E-state index contributed by atoms with van der Waals surface area (Å²) in [5, 5.41) is 17.4. The number of aliphatic imine (C=N–C) groups is 1. The topological polar surface area (TPSA) is 148 Å². The van der Waals surface area contributed by atoms with E-state index in [-0.39, 0.29) is 54.7 Å². The molecule has 34 heavy (non-hydrogen) atoms. The van der Waals surface area contributed by atoms with Crippen LogP contribution < -0.4 is 20.7 Å². The van der Waals surface area contributed by atoms with Gasteiger partial charge in [-0.05, 0) is 57.5 Å². The van der Waals surface area contributed by atoms with Crippen LogP contribution in [0.3, 0.4) is 0 Å². The smallest absolute Gasteiger partial charge is 0.286 e. The van der Waals surface area contributed by atoms with Crippen molar-refractivity contribution in [1.29, 1.82) is 10.8 Å². The van der Waals surface area contributed by atoms with Gasteiger partial charge in [0.2, 0.25) is 10.0 Å². The second-order valence-electron chi connectivity index (χ2n) is 8.78. The minimum atomic E-state index is -3.91. The maximum atomic E-state index is 13.1. The van der Waals surface area contributed by atoms with Gasteiger partial charge in [-0.15, -0.1) is 24.0 Å². The molecular formula is C20H34F2IN7O2S2. The first-order valence-electron chi connectivity index (χ1n) is 10.5. The zero-order valence-corrected chi connectivity index (χ0v) is 23.0.